The number of nitrogens with zero attached hydrogens (tertiary/aromatic N) is 1. The molecule has 0 aromatic heterocycles. The van der Waals surface area contributed by atoms with Crippen molar-refractivity contribution in [1.82, 2.24) is 10.5 Å². The van der Waals surface area contributed by atoms with Crippen molar-refractivity contribution in [1.29, 1.82) is 0 Å². The van der Waals surface area contributed by atoms with Gasteiger partial charge in [-0.1, -0.05) is 0 Å². The number of carbonyl (C=O) groups is 1. The fourth-order valence-electron chi connectivity index (χ4n) is 0.157. The molecule has 7 heavy (non-hydrogen) atoms. The molecule has 0 unspecified atom stereocenters. The molecule has 4 heteroatoms. The molecule has 0 rings (SSSR count). The quantitative estimate of drug-likeness (QED) is 0.250. The Bertz CT molecular complexity index is 72.6. The van der Waals surface area contributed by atoms with E-state index in [0.717, 1.165) is 5.12 Å². The third-order valence-corrected chi connectivity index (χ3v) is 0.580. The Morgan fingerprint density at radius 3 is 2.29 bits per heavy atom. The van der Waals surface area contributed by atoms with Crippen molar-refractivity contribution in [2.75, 3.05) is 7.05 Å². The van der Waals surface area contributed by atoms with Gasteiger partial charge in [-0.3, -0.25) is 4.79 Å². The van der Waals surface area contributed by atoms with Crippen LogP contribution < -0.4 is 11.3 Å². The second-order valence-electron chi connectivity index (χ2n) is 1.11. The van der Waals surface area contributed by atoms with Crippen LogP contribution in [-0.2, 0) is 4.79 Å². The van der Waals surface area contributed by atoms with E-state index in [2.05, 4.69) is 5.43 Å². The molecule has 0 saturated heterocycles. The van der Waals surface area contributed by atoms with E-state index in [1.165, 1.54) is 6.92 Å². The van der Waals surface area contributed by atoms with Crippen LogP contribution in [0.3, 0.4) is 0 Å². The van der Waals surface area contributed by atoms with Crippen molar-refractivity contribution in [2.45, 2.75) is 6.92 Å². The predicted octanol–water partition coefficient (Wildman–Crippen LogP) is -1.16. The van der Waals surface area contributed by atoms with Gasteiger partial charge in [0.25, 0.3) is 0 Å². The summed E-state index contributed by atoms with van der Waals surface area (Å²) in [6.45, 7) is 1.37. The largest absolute Gasteiger partial charge is 0.272 e. The minimum atomic E-state index is -0.206. The average molecular weight is 103 g/mol. The normalized spacial score (nSPS) is 8.43. The SMILES string of the molecule is CNN(N)C(C)=O. The Labute approximate surface area is 42.2 Å². The molecule has 0 fully saturated rings. The summed E-state index contributed by atoms with van der Waals surface area (Å²) in [5, 5.41) is 0.903. The highest BCUT2D eigenvalue weighted by molar-refractivity contribution is 5.71. The van der Waals surface area contributed by atoms with Gasteiger partial charge in [-0.25, -0.2) is 16.4 Å². The monoisotopic (exact) mass is 103 g/mol. The van der Waals surface area contributed by atoms with E-state index >= 15 is 0 Å². The predicted molar refractivity (Wildman–Crippen MR) is 25.8 cm³/mol. The second kappa shape index (κ2) is 2.54. The van der Waals surface area contributed by atoms with Gasteiger partial charge < -0.3 is 0 Å². The van der Waals surface area contributed by atoms with Gasteiger partial charge in [-0.15, -0.1) is 0 Å². The molecule has 0 spiro atoms. The first-order valence-electron chi connectivity index (χ1n) is 1.91. The molecule has 0 radical (unpaired) electrons. The van der Waals surface area contributed by atoms with Crippen molar-refractivity contribution in [2.24, 2.45) is 5.84 Å². The number of carbonyl (C=O) groups excluding carboxylic acids is 1. The standard InChI is InChI=1S/C3H9N3O/c1-3(7)6(4)5-2/h5H,4H2,1-2H3. The average Bonchev–Trinajstić information content (AvgIpc) is 1.65. The first kappa shape index (κ1) is 6.39. The van der Waals surface area contributed by atoms with Crippen LogP contribution >= 0.6 is 0 Å². The molecule has 0 aliphatic rings. The molecule has 3 N–H and O–H groups in total. The molecule has 0 aliphatic heterocycles. The minimum Gasteiger partial charge on any atom is -0.272 e. The van der Waals surface area contributed by atoms with Crippen molar-refractivity contribution in [3.8, 4) is 0 Å². The summed E-state index contributed by atoms with van der Waals surface area (Å²) in [4.78, 5) is 10.1. The van der Waals surface area contributed by atoms with Crippen LogP contribution in [0.4, 0.5) is 0 Å². The van der Waals surface area contributed by atoms with Crippen LogP contribution in [0.1, 0.15) is 6.92 Å². The highest BCUT2D eigenvalue weighted by Gasteiger charge is 1.94. The summed E-state index contributed by atoms with van der Waals surface area (Å²) in [7, 11) is 1.57. The fourth-order valence-corrected chi connectivity index (χ4v) is 0.157. The fraction of sp³-hybridized carbons (Fsp3) is 0.667. The van der Waals surface area contributed by atoms with Crippen LogP contribution in [-0.4, -0.2) is 18.1 Å². The Morgan fingerprint density at radius 1 is 1.86 bits per heavy atom. The number of rotatable bonds is 1. The highest BCUT2D eigenvalue weighted by atomic mass is 16.2. The second-order valence-corrected chi connectivity index (χ2v) is 1.11. The molecule has 0 atom stereocenters. The smallest absolute Gasteiger partial charge is 0.248 e. The van der Waals surface area contributed by atoms with Gasteiger partial charge in [0.15, 0.2) is 0 Å². The van der Waals surface area contributed by atoms with E-state index in [-0.39, 0.29) is 5.91 Å². The Morgan fingerprint density at radius 2 is 2.29 bits per heavy atom. The minimum absolute atomic E-state index is 0.206. The summed E-state index contributed by atoms with van der Waals surface area (Å²) in [6, 6.07) is 0. The van der Waals surface area contributed by atoms with E-state index < -0.39 is 0 Å². The topological polar surface area (TPSA) is 58.4 Å². The molecule has 0 aromatic rings. The zero-order valence-corrected chi connectivity index (χ0v) is 4.43. The molecule has 0 aromatic carbocycles. The molecule has 0 aliphatic carbocycles. The summed E-state index contributed by atoms with van der Waals surface area (Å²) >= 11 is 0. The van der Waals surface area contributed by atoms with Gasteiger partial charge in [0.1, 0.15) is 0 Å². The van der Waals surface area contributed by atoms with E-state index in [1.54, 1.807) is 7.05 Å². The lowest BCUT2D eigenvalue weighted by Gasteiger charge is -2.09. The lowest BCUT2D eigenvalue weighted by Crippen LogP contribution is -2.44. The number of hydrogen-bond donors (Lipinski definition) is 2. The maximum absolute atomic E-state index is 10.1. The van der Waals surface area contributed by atoms with Gasteiger partial charge in [0, 0.05) is 14.0 Å². The molecule has 0 bridgehead atoms. The lowest BCUT2D eigenvalue weighted by molar-refractivity contribution is -0.131. The molecule has 42 valence electrons. The Kier molecular flexibility index (Phi) is 2.32. The van der Waals surface area contributed by atoms with E-state index in [9.17, 15) is 4.79 Å². The number of nitrogens with two attached hydrogens (primary N) is 1. The van der Waals surface area contributed by atoms with Crippen LogP contribution in [0.15, 0.2) is 0 Å². The summed E-state index contributed by atoms with van der Waals surface area (Å²) in [5.41, 5.74) is 2.43. The number of nitrogens with one attached hydrogen (secondary N) is 1. The molecule has 0 saturated carbocycles. The summed E-state index contributed by atoms with van der Waals surface area (Å²) < 4.78 is 0. The van der Waals surface area contributed by atoms with Crippen LogP contribution in [0, 0.1) is 0 Å². The maximum atomic E-state index is 10.1. The molecule has 0 heterocycles. The first-order chi connectivity index (χ1) is 3.18. The van der Waals surface area contributed by atoms with Crippen molar-refractivity contribution in [3.63, 3.8) is 0 Å². The van der Waals surface area contributed by atoms with Gasteiger partial charge in [0.05, 0.1) is 0 Å². The van der Waals surface area contributed by atoms with Crippen molar-refractivity contribution >= 4 is 5.91 Å². The molecule has 1 amide bonds. The number of amides is 1. The molecular weight excluding hydrogens is 94.1 g/mol. The van der Waals surface area contributed by atoms with Gasteiger partial charge in [0.2, 0.25) is 5.91 Å². The zero-order valence-electron chi connectivity index (χ0n) is 4.43. The maximum Gasteiger partial charge on any atom is 0.248 e. The zero-order chi connectivity index (χ0) is 5.86. The number of hydrazine groups is 2. The highest BCUT2D eigenvalue weighted by Crippen LogP contribution is 1.64. The van der Waals surface area contributed by atoms with E-state index in [0.29, 0.717) is 0 Å². The number of hydrogen-bond acceptors (Lipinski definition) is 3. The van der Waals surface area contributed by atoms with Gasteiger partial charge in [-0.05, 0) is 0 Å². The lowest BCUT2D eigenvalue weighted by atomic mass is 10.7. The van der Waals surface area contributed by atoms with Crippen molar-refractivity contribution < 1.29 is 4.79 Å². The van der Waals surface area contributed by atoms with Crippen LogP contribution in [0.2, 0.25) is 0 Å². The summed E-state index contributed by atoms with van der Waals surface area (Å²) in [6.07, 6.45) is 0. The Balaban J connectivity index is 3.34. The van der Waals surface area contributed by atoms with Crippen LogP contribution in [0.5, 0.6) is 0 Å². The molecular formula is C3H9N3O. The van der Waals surface area contributed by atoms with Gasteiger partial charge >= 0.3 is 0 Å². The van der Waals surface area contributed by atoms with E-state index in [1.807, 2.05) is 0 Å². The Hall–Kier alpha value is -0.610. The third-order valence-electron chi connectivity index (χ3n) is 0.580. The third kappa shape index (κ3) is 2.13. The first-order valence-corrected chi connectivity index (χ1v) is 1.91. The molecule has 4 nitrogen and oxygen atoms in total. The van der Waals surface area contributed by atoms with Crippen LogP contribution in [0.25, 0.3) is 0 Å². The van der Waals surface area contributed by atoms with Gasteiger partial charge in [-0.2, -0.15) is 0 Å². The summed E-state index contributed by atoms with van der Waals surface area (Å²) in [5.74, 6) is 4.78. The van der Waals surface area contributed by atoms with E-state index in [4.69, 9.17) is 5.84 Å². The van der Waals surface area contributed by atoms with Crippen molar-refractivity contribution in [3.05, 3.63) is 0 Å².